The molecule has 0 saturated heterocycles. The van der Waals surface area contributed by atoms with Gasteiger partial charge in [0.2, 0.25) is 0 Å². The number of nitrogens with one attached hydrogen (secondary N) is 1. The van der Waals surface area contributed by atoms with Crippen LogP contribution in [0.1, 0.15) is 98.7 Å². The van der Waals surface area contributed by atoms with Crippen LogP contribution in [0.4, 0.5) is 4.79 Å². The maximum absolute atomic E-state index is 14.0. The second-order valence-corrected chi connectivity index (χ2v) is 12.3. The SMILES string of the molecule is CCCCOc1c(C(NC(=O)O)C(C)(C)C)n(CC(C)(C)C)c(=O)c2ccc(OC3CCCC3)cc12. The van der Waals surface area contributed by atoms with Gasteiger partial charge in [-0.25, -0.2) is 4.79 Å². The fourth-order valence-electron chi connectivity index (χ4n) is 4.89. The highest BCUT2D eigenvalue weighted by Crippen LogP contribution is 2.42. The van der Waals surface area contributed by atoms with Gasteiger partial charge in [-0.2, -0.15) is 0 Å². The van der Waals surface area contributed by atoms with Crippen molar-refractivity contribution >= 4 is 16.9 Å². The maximum Gasteiger partial charge on any atom is 0.405 e. The summed E-state index contributed by atoms with van der Waals surface area (Å²) < 4.78 is 14.4. The summed E-state index contributed by atoms with van der Waals surface area (Å²) in [5.41, 5.74) is -0.304. The highest BCUT2D eigenvalue weighted by molar-refractivity contribution is 5.90. The van der Waals surface area contributed by atoms with Gasteiger partial charge in [0.05, 0.1) is 29.8 Å². The molecule has 1 aliphatic carbocycles. The van der Waals surface area contributed by atoms with Crippen molar-refractivity contribution in [3.05, 3.63) is 34.2 Å². The van der Waals surface area contributed by atoms with Crippen molar-refractivity contribution in [2.45, 2.75) is 106 Å². The molecule has 1 aromatic carbocycles. The molecule has 1 aliphatic rings. The predicted molar refractivity (Wildman–Crippen MR) is 144 cm³/mol. The van der Waals surface area contributed by atoms with Crippen molar-refractivity contribution < 1.29 is 19.4 Å². The molecule has 3 rings (SSSR count). The quantitative estimate of drug-likeness (QED) is 0.365. The van der Waals surface area contributed by atoms with E-state index in [1.165, 1.54) is 12.8 Å². The topological polar surface area (TPSA) is 89.8 Å². The summed E-state index contributed by atoms with van der Waals surface area (Å²) in [6.07, 6.45) is 5.26. The minimum Gasteiger partial charge on any atom is -0.491 e. The molecule has 0 spiro atoms. The number of pyridine rings is 1. The number of aromatic nitrogens is 1. The molecule has 1 atom stereocenters. The van der Waals surface area contributed by atoms with Crippen LogP contribution in [0.25, 0.3) is 10.8 Å². The summed E-state index contributed by atoms with van der Waals surface area (Å²) in [5.74, 6) is 1.28. The van der Waals surface area contributed by atoms with Crippen LogP contribution in [0, 0.1) is 10.8 Å². The number of carboxylic acid groups (broad SMARTS) is 1. The Bertz CT molecular complexity index is 1120. The molecule has 7 nitrogen and oxygen atoms in total. The molecular formula is C29H44N2O5. The third-order valence-corrected chi connectivity index (χ3v) is 6.62. The molecule has 2 aromatic rings. The van der Waals surface area contributed by atoms with E-state index in [-0.39, 0.29) is 17.1 Å². The number of benzene rings is 1. The monoisotopic (exact) mass is 500 g/mol. The lowest BCUT2D eigenvalue weighted by Crippen LogP contribution is -2.41. The molecule has 0 aliphatic heterocycles. The van der Waals surface area contributed by atoms with E-state index in [1.54, 1.807) is 4.57 Å². The van der Waals surface area contributed by atoms with Gasteiger partial charge >= 0.3 is 6.09 Å². The number of amides is 1. The number of ether oxygens (including phenoxy) is 2. The van der Waals surface area contributed by atoms with Gasteiger partial charge in [-0.1, -0.05) is 54.9 Å². The normalized spacial score (nSPS) is 15.8. The maximum atomic E-state index is 14.0. The van der Waals surface area contributed by atoms with Gasteiger partial charge in [-0.15, -0.1) is 0 Å². The van der Waals surface area contributed by atoms with E-state index in [4.69, 9.17) is 9.47 Å². The van der Waals surface area contributed by atoms with E-state index in [0.717, 1.165) is 25.7 Å². The predicted octanol–water partition coefficient (Wildman–Crippen LogP) is 6.90. The lowest BCUT2D eigenvalue weighted by atomic mass is 9.83. The molecule has 1 fully saturated rings. The number of unbranched alkanes of at least 4 members (excludes halogenated alkanes) is 1. The second kappa shape index (κ2) is 11.1. The number of carbonyl (C=O) groups is 1. The first-order chi connectivity index (χ1) is 16.8. The van der Waals surface area contributed by atoms with Gasteiger partial charge in [-0.3, -0.25) is 4.79 Å². The molecule has 1 aromatic heterocycles. The molecule has 1 amide bonds. The minimum absolute atomic E-state index is 0.147. The Morgan fingerprint density at radius 3 is 2.36 bits per heavy atom. The van der Waals surface area contributed by atoms with Gasteiger partial charge < -0.3 is 24.5 Å². The number of hydrogen-bond acceptors (Lipinski definition) is 4. The van der Waals surface area contributed by atoms with Crippen molar-refractivity contribution in [1.82, 2.24) is 9.88 Å². The van der Waals surface area contributed by atoms with E-state index in [1.807, 2.05) is 39.0 Å². The van der Waals surface area contributed by atoms with E-state index >= 15 is 0 Å². The lowest BCUT2D eigenvalue weighted by Gasteiger charge is -2.35. The third-order valence-electron chi connectivity index (χ3n) is 6.62. The molecular weight excluding hydrogens is 456 g/mol. The molecule has 0 bridgehead atoms. The van der Waals surface area contributed by atoms with Crippen molar-refractivity contribution in [3.8, 4) is 11.5 Å². The Morgan fingerprint density at radius 1 is 1.14 bits per heavy atom. The fraction of sp³-hybridized carbons (Fsp3) is 0.655. The minimum atomic E-state index is -1.14. The highest BCUT2D eigenvalue weighted by Gasteiger charge is 2.35. The van der Waals surface area contributed by atoms with Crippen LogP contribution < -0.4 is 20.3 Å². The van der Waals surface area contributed by atoms with E-state index < -0.39 is 17.6 Å². The van der Waals surface area contributed by atoms with Gasteiger partial charge in [-0.05, 0) is 61.1 Å². The molecule has 200 valence electrons. The van der Waals surface area contributed by atoms with Crippen LogP contribution in [0.3, 0.4) is 0 Å². The smallest absolute Gasteiger partial charge is 0.405 e. The highest BCUT2D eigenvalue weighted by atomic mass is 16.5. The number of nitrogens with zero attached hydrogens (tertiary/aromatic N) is 1. The van der Waals surface area contributed by atoms with Crippen molar-refractivity contribution in [1.29, 1.82) is 0 Å². The zero-order valence-corrected chi connectivity index (χ0v) is 23.1. The van der Waals surface area contributed by atoms with Crippen molar-refractivity contribution in [2.24, 2.45) is 10.8 Å². The summed E-state index contributed by atoms with van der Waals surface area (Å²) >= 11 is 0. The van der Waals surface area contributed by atoms with Crippen LogP contribution in [0.15, 0.2) is 23.0 Å². The van der Waals surface area contributed by atoms with Crippen LogP contribution in [0.2, 0.25) is 0 Å². The Labute approximate surface area is 215 Å². The molecule has 7 heteroatoms. The summed E-state index contributed by atoms with van der Waals surface area (Å²) in [7, 11) is 0. The first-order valence-electron chi connectivity index (χ1n) is 13.3. The number of fused-ring (bicyclic) bond motifs is 1. The average Bonchev–Trinajstić information content (AvgIpc) is 3.27. The molecule has 0 radical (unpaired) electrons. The van der Waals surface area contributed by atoms with Crippen LogP contribution in [-0.2, 0) is 6.54 Å². The Morgan fingerprint density at radius 2 is 1.81 bits per heavy atom. The van der Waals surface area contributed by atoms with E-state index in [2.05, 4.69) is 33.0 Å². The van der Waals surface area contributed by atoms with E-state index in [9.17, 15) is 14.7 Å². The van der Waals surface area contributed by atoms with Gasteiger partial charge in [0.15, 0.2) is 0 Å². The van der Waals surface area contributed by atoms with Gasteiger partial charge in [0, 0.05) is 11.9 Å². The zero-order valence-electron chi connectivity index (χ0n) is 23.1. The fourth-order valence-corrected chi connectivity index (χ4v) is 4.89. The Balaban J connectivity index is 2.34. The van der Waals surface area contributed by atoms with Crippen molar-refractivity contribution in [2.75, 3.05) is 6.61 Å². The molecule has 1 unspecified atom stereocenters. The van der Waals surface area contributed by atoms with Crippen molar-refractivity contribution in [3.63, 3.8) is 0 Å². The summed E-state index contributed by atoms with van der Waals surface area (Å²) in [6.45, 7) is 15.1. The molecule has 36 heavy (non-hydrogen) atoms. The zero-order chi connectivity index (χ0) is 26.7. The number of hydrogen-bond donors (Lipinski definition) is 2. The van der Waals surface area contributed by atoms with Gasteiger partial charge in [0.1, 0.15) is 11.5 Å². The Kier molecular flexibility index (Phi) is 8.63. The lowest BCUT2D eigenvalue weighted by molar-refractivity contribution is 0.169. The molecule has 1 saturated carbocycles. The van der Waals surface area contributed by atoms with Crippen LogP contribution in [0.5, 0.6) is 11.5 Å². The molecule has 1 heterocycles. The largest absolute Gasteiger partial charge is 0.491 e. The van der Waals surface area contributed by atoms with E-state index in [0.29, 0.717) is 41.1 Å². The first-order valence-corrected chi connectivity index (χ1v) is 13.3. The van der Waals surface area contributed by atoms with Crippen LogP contribution in [-0.4, -0.2) is 28.5 Å². The first kappa shape index (κ1) is 27.9. The summed E-state index contributed by atoms with van der Waals surface area (Å²) in [5, 5.41) is 13.7. The molecule has 2 N–H and O–H groups in total. The summed E-state index contributed by atoms with van der Waals surface area (Å²) in [4.78, 5) is 25.9. The average molecular weight is 501 g/mol. The number of rotatable bonds is 9. The van der Waals surface area contributed by atoms with Gasteiger partial charge in [0.25, 0.3) is 5.56 Å². The summed E-state index contributed by atoms with van der Waals surface area (Å²) in [6, 6.07) is 4.94. The second-order valence-electron chi connectivity index (χ2n) is 12.3. The third kappa shape index (κ3) is 6.74. The Hall–Kier alpha value is -2.70. The van der Waals surface area contributed by atoms with Crippen LogP contribution >= 0.6 is 0 Å². The standard InChI is InChI=1S/C29H44N2O5/c1-8-9-16-35-24-22-17-20(36-19-12-10-11-13-19)14-15-21(22)26(32)31(18-28(2,3)4)23(24)25(29(5,6)7)30-27(33)34/h14-15,17,19,25,30H,8-13,16,18H2,1-7H3,(H,33,34).